The predicted molar refractivity (Wildman–Crippen MR) is 106 cm³/mol. The van der Waals surface area contributed by atoms with Gasteiger partial charge in [-0.15, -0.1) is 0 Å². The summed E-state index contributed by atoms with van der Waals surface area (Å²) in [5.74, 6) is 0.533. The number of imide groups is 1. The number of amides is 3. The van der Waals surface area contributed by atoms with Crippen molar-refractivity contribution in [3.05, 3.63) is 64.1 Å². The molecule has 1 atom stereocenters. The predicted octanol–water partition coefficient (Wildman–Crippen LogP) is 4.00. The highest BCUT2D eigenvalue weighted by molar-refractivity contribution is 9.10. The molecule has 0 radical (unpaired) electrons. The molecule has 5 nitrogen and oxygen atoms in total. The van der Waals surface area contributed by atoms with Crippen LogP contribution in [0.3, 0.4) is 0 Å². The molecule has 1 spiro atoms. The summed E-state index contributed by atoms with van der Waals surface area (Å²) in [5.41, 5.74) is 1.16. The summed E-state index contributed by atoms with van der Waals surface area (Å²) < 4.78 is 6.63. The van der Waals surface area contributed by atoms with Crippen LogP contribution in [0.1, 0.15) is 30.4 Å². The van der Waals surface area contributed by atoms with Crippen molar-refractivity contribution in [1.82, 2.24) is 10.2 Å². The second-order valence-corrected chi connectivity index (χ2v) is 7.88. The van der Waals surface area contributed by atoms with E-state index in [2.05, 4.69) is 27.3 Å². The molecule has 1 fully saturated rings. The van der Waals surface area contributed by atoms with Gasteiger partial charge in [0.1, 0.15) is 17.9 Å². The van der Waals surface area contributed by atoms with Gasteiger partial charge in [-0.25, -0.2) is 4.79 Å². The van der Waals surface area contributed by atoms with Crippen molar-refractivity contribution in [2.24, 2.45) is 0 Å². The van der Waals surface area contributed by atoms with Gasteiger partial charge in [-0.05, 0) is 55.0 Å². The fourth-order valence-corrected chi connectivity index (χ4v) is 4.37. The average molecular weight is 429 g/mol. The van der Waals surface area contributed by atoms with Crippen LogP contribution in [0.2, 0.25) is 0 Å². The number of benzene rings is 2. The first-order valence-electron chi connectivity index (χ1n) is 9.21. The van der Waals surface area contributed by atoms with Crippen molar-refractivity contribution in [3.8, 4) is 5.75 Å². The topological polar surface area (TPSA) is 58.6 Å². The third kappa shape index (κ3) is 3.34. The van der Waals surface area contributed by atoms with Crippen LogP contribution in [0, 0.1) is 0 Å². The fourth-order valence-electron chi connectivity index (χ4n) is 3.99. The Labute approximate surface area is 166 Å². The minimum atomic E-state index is -0.931. The number of halogens is 1. The lowest BCUT2D eigenvalue weighted by molar-refractivity contribution is -0.132. The van der Waals surface area contributed by atoms with E-state index in [-0.39, 0.29) is 25.1 Å². The molecule has 1 aliphatic carbocycles. The molecule has 3 amide bonds. The van der Waals surface area contributed by atoms with Crippen LogP contribution in [0.15, 0.2) is 53.0 Å². The quantitative estimate of drug-likeness (QED) is 0.748. The van der Waals surface area contributed by atoms with Crippen molar-refractivity contribution in [2.75, 3.05) is 13.2 Å². The summed E-state index contributed by atoms with van der Waals surface area (Å²) in [5, 5.41) is 3.00. The number of rotatable bonds is 4. The van der Waals surface area contributed by atoms with Crippen LogP contribution in [0.5, 0.6) is 5.75 Å². The smallest absolute Gasteiger partial charge is 0.325 e. The monoisotopic (exact) mass is 428 g/mol. The lowest BCUT2D eigenvalue weighted by Gasteiger charge is -2.27. The van der Waals surface area contributed by atoms with Crippen molar-refractivity contribution in [1.29, 1.82) is 0 Å². The number of fused-ring (bicyclic) bond motifs is 2. The molecule has 0 bridgehead atoms. The van der Waals surface area contributed by atoms with E-state index in [9.17, 15) is 9.59 Å². The molecule has 4 rings (SSSR count). The summed E-state index contributed by atoms with van der Waals surface area (Å²) >= 11 is 3.40. The minimum absolute atomic E-state index is 0.167. The Balaban J connectivity index is 1.52. The van der Waals surface area contributed by atoms with Crippen molar-refractivity contribution < 1.29 is 14.3 Å². The van der Waals surface area contributed by atoms with E-state index in [1.807, 2.05) is 42.5 Å². The maximum atomic E-state index is 13.3. The number of ether oxygens (including phenoxy) is 1. The molecule has 1 aliphatic heterocycles. The maximum Gasteiger partial charge on any atom is 0.325 e. The van der Waals surface area contributed by atoms with Crippen LogP contribution in [-0.2, 0) is 16.8 Å². The molecule has 6 heteroatoms. The second kappa shape index (κ2) is 7.35. The van der Waals surface area contributed by atoms with Crippen molar-refractivity contribution in [3.63, 3.8) is 0 Å². The van der Waals surface area contributed by atoms with Gasteiger partial charge < -0.3 is 10.1 Å². The van der Waals surface area contributed by atoms with Crippen molar-refractivity contribution in [2.45, 2.75) is 31.2 Å². The van der Waals surface area contributed by atoms with E-state index >= 15 is 0 Å². The average Bonchev–Trinajstić information content (AvgIpc) is 2.80. The molecular weight excluding hydrogens is 408 g/mol. The van der Waals surface area contributed by atoms with E-state index in [4.69, 9.17) is 4.74 Å². The molecule has 27 heavy (non-hydrogen) atoms. The molecule has 2 aromatic carbocycles. The number of carbonyl (C=O) groups excluding carboxylic acids is 2. The van der Waals surface area contributed by atoms with Gasteiger partial charge in [0.2, 0.25) is 0 Å². The molecule has 140 valence electrons. The summed E-state index contributed by atoms with van der Waals surface area (Å²) in [7, 11) is 0. The highest BCUT2D eigenvalue weighted by Crippen LogP contribution is 2.38. The highest BCUT2D eigenvalue weighted by atomic mass is 79.9. The minimum Gasteiger partial charge on any atom is -0.492 e. The normalized spacial score (nSPS) is 21.7. The van der Waals surface area contributed by atoms with Gasteiger partial charge >= 0.3 is 6.03 Å². The number of hydrogen-bond donors (Lipinski definition) is 1. The van der Waals surface area contributed by atoms with Crippen LogP contribution in [0.4, 0.5) is 4.79 Å². The van der Waals surface area contributed by atoms with E-state index in [0.717, 1.165) is 34.9 Å². The van der Waals surface area contributed by atoms with Crippen LogP contribution in [-0.4, -0.2) is 30.0 Å². The number of carbonyl (C=O) groups is 2. The largest absolute Gasteiger partial charge is 0.492 e. The molecule has 0 saturated carbocycles. The van der Waals surface area contributed by atoms with Crippen LogP contribution < -0.4 is 10.1 Å². The Bertz CT molecular complexity index is 885. The van der Waals surface area contributed by atoms with Gasteiger partial charge in [-0.1, -0.05) is 46.3 Å². The first-order chi connectivity index (χ1) is 13.1. The van der Waals surface area contributed by atoms with Gasteiger partial charge in [0, 0.05) is 4.47 Å². The third-order valence-electron chi connectivity index (χ3n) is 5.28. The summed E-state index contributed by atoms with van der Waals surface area (Å²) in [4.78, 5) is 27.2. The van der Waals surface area contributed by atoms with Gasteiger partial charge in [0.25, 0.3) is 5.91 Å². The van der Waals surface area contributed by atoms with E-state index in [1.54, 1.807) is 0 Å². The second-order valence-electron chi connectivity index (χ2n) is 6.96. The number of hydrogen-bond acceptors (Lipinski definition) is 3. The van der Waals surface area contributed by atoms with Crippen LogP contribution >= 0.6 is 15.9 Å². The van der Waals surface area contributed by atoms with E-state index in [1.165, 1.54) is 4.90 Å². The lowest BCUT2D eigenvalue weighted by Crippen LogP contribution is -2.44. The zero-order valence-corrected chi connectivity index (χ0v) is 16.5. The fraction of sp³-hybridized carbons (Fsp3) is 0.333. The van der Waals surface area contributed by atoms with E-state index in [0.29, 0.717) is 12.2 Å². The first-order valence-corrected chi connectivity index (χ1v) is 10.0. The highest BCUT2D eigenvalue weighted by Gasteiger charge is 2.53. The van der Waals surface area contributed by atoms with Gasteiger partial charge in [0.15, 0.2) is 0 Å². The Kier molecular flexibility index (Phi) is 4.91. The molecule has 2 aromatic rings. The van der Waals surface area contributed by atoms with Gasteiger partial charge in [0.05, 0.1) is 6.54 Å². The first kappa shape index (κ1) is 18.0. The molecule has 1 N–H and O–H groups in total. The maximum absolute atomic E-state index is 13.3. The Morgan fingerprint density at radius 3 is 2.81 bits per heavy atom. The summed E-state index contributed by atoms with van der Waals surface area (Å²) in [6.07, 6.45) is 3.50. The Hall–Kier alpha value is -2.34. The molecule has 1 saturated heterocycles. The summed E-state index contributed by atoms with van der Waals surface area (Å²) in [6, 6.07) is 15.1. The third-order valence-corrected chi connectivity index (χ3v) is 5.77. The Morgan fingerprint density at radius 1 is 1.11 bits per heavy atom. The van der Waals surface area contributed by atoms with Crippen LogP contribution in [0.25, 0.3) is 0 Å². The SMILES string of the molecule is O=C1NC2(CCCCc3ccccc32)C(=O)N1CCOc1cccc(Br)c1. The number of nitrogens with one attached hydrogen (secondary N) is 1. The summed E-state index contributed by atoms with van der Waals surface area (Å²) in [6.45, 7) is 0.481. The van der Waals surface area contributed by atoms with Gasteiger partial charge in [-0.2, -0.15) is 0 Å². The standard InChI is InChI=1S/C21H21BrN2O3/c22-16-8-5-9-17(14-16)27-13-12-24-19(25)21(23-20(24)26)11-4-3-7-15-6-1-2-10-18(15)21/h1-2,5-6,8-10,14H,3-4,7,11-13H2,(H,23,26). The molecule has 0 aromatic heterocycles. The molecule has 1 heterocycles. The number of aryl methyl sites for hydroxylation is 1. The zero-order valence-electron chi connectivity index (χ0n) is 14.9. The van der Waals surface area contributed by atoms with Crippen molar-refractivity contribution >= 4 is 27.9 Å². The molecule has 1 unspecified atom stereocenters. The number of urea groups is 1. The zero-order chi connectivity index (χ0) is 18.9. The molecular formula is C21H21BrN2O3. The Morgan fingerprint density at radius 2 is 1.96 bits per heavy atom. The molecule has 2 aliphatic rings. The van der Waals surface area contributed by atoms with Gasteiger partial charge in [-0.3, -0.25) is 9.69 Å². The van der Waals surface area contributed by atoms with E-state index < -0.39 is 5.54 Å². The number of nitrogens with zero attached hydrogens (tertiary/aromatic N) is 1. The lowest BCUT2D eigenvalue weighted by atomic mass is 9.84.